The van der Waals surface area contributed by atoms with Crippen LogP contribution in [0.2, 0.25) is 0 Å². The summed E-state index contributed by atoms with van der Waals surface area (Å²) in [6.07, 6.45) is 1.75. The number of nitrogens with zero attached hydrogens (tertiary/aromatic N) is 4. The molecular weight excluding hydrogens is 366 g/mol. The molecule has 4 atom stereocenters. The molecule has 2 N–H and O–H groups in total. The zero-order valence-electron chi connectivity index (χ0n) is 15.1. The number of imidazole rings is 1. The summed E-state index contributed by atoms with van der Waals surface area (Å²) in [5.41, 5.74) is 0.608. The lowest BCUT2D eigenvalue weighted by atomic mass is 10.0. The van der Waals surface area contributed by atoms with Crippen LogP contribution in [-0.2, 0) is 4.74 Å². The first-order valence-electron chi connectivity index (χ1n) is 9.14. The summed E-state index contributed by atoms with van der Waals surface area (Å²) in [6, 6.07) is 8.85. The number of hydrogen-bond acceptors (Lipinski definition) is 7. The van der Waals surface area contributed by atoms with Crippen molar-refractivity contribution in [3.63, 3.8) is 0 Å². The predicted octanol–water partition coefficient (Wildman–Crippen LogP) is 1.84. The maximum atomic E-state index is 12.5. The van der Waals surface area contributed by atoms with Crippen LogP contribution in [0, 0.1) is 0 Å². The fraction of sp³-hybridized carbons (Fsp3) is 0.333. The van der Waals surface area contributed by atoms with Gasteiger partial charge < -0.3 is 15.2 Å². The number of thioether (sulfide) groups is 1. The number of aliphatic hydroxyl groups excluding tert-OH is 1. The minimum atomic E-state index is -0.853. The van der Waals surface area contributed by atoms with E-state index in [1.165, 1.54) is 6.33 Å². The topological polar surface area (TPSA) is 102 Å². The average molecular weight is 384 g/mol. The van der Waals surface area contributed by atoms with Gasteiger partial charge in [-0.05, 0) is 19.0 Å². The largest absolute Gasteiger partial charge is 0.389 e. The van der Waals surface area contributed by atoms with Crippen molar-refractivity contribution in [1.29, 1.82) is 0 Å². The second kappa shape index (κ2) is 6.01. The molecule has 4 heterocycles. The summed E-state index contributed by atoms with van der Waals surface area (Å²) in [7, 11) is 0. The molecule has 9 heteroatoms. The highest BCUT2D eigenvalue weighted by atomic mass is 32.2. The standard InChI is InChI=1S/C18H17N5O3S/c1-18-7-27-12(13(18)24)17(26-18)23-9-21-11-14(19-8-20-15(11)23)22-16(25)10-5-3-2-4-6-10/h2-6,8-9,12-13,17,24H,7H2,1H3,(H,19,20,22,25)/t12-,13+,17-,18+/m1/s1/i1D. The van der Waals surface area contributed by atoms with Crippen molar-refractivity contribution in [1.82, 2.24) is 19.5 Å². The first-order chi connectivity index (χ1) is 13.6. The summed E-state index contributed by atoms with van der Waals surface area (Å²) in [5.74, 6) is 0.619. The molecule has 5 rings (SSSR count). The number of ether oxygens (including phenoxy) is 1. The summed E-state index contributed by atoms with van der Waals surface area (Å²) in [5, 5.41) is 13.1. The predicted molar refractivity (Wildman–Crippen MR) is 100 cm³/mol. The Bertz CT molecular complexity index is 1050. The molecule has 1 aromatic carbocycles. The summed E-state index contributed by atoms with van der Waals surface area (Å²) < 4.78 is 15.6. The van der Waals surface area contributed by atoms with Gasteiger partial charge in [-0.1, -0.05) is 18.2 Å². The van der Waals surface area contributed by atoms with Crippen LogP contribution in [0.3, 0.4) is 0 Å². The monoisotopic (exact) mass is 384 g/mol. The van der Waals surface area contributed by atoms with Crippen LogP contribution in [0.25, 0.3) is 11.2 Å². The first-order valence-corrected chi connectivity index (χ1v) is 9.48. The second-order valence-corrected chi connectivity index (χ2v) is 7.83. The number of carbonyl (C=O) groups excluding carboxylic acids is 1. The molecule has 2 aliphatic heterocycles. The minimum Gasteiger partial charge on any atom is -0.389 e. The normalized spacial score (nSPS) is 29.8. The van der Waals surface area contributed by atoms with Crippen molar-refractivity contribution in [2.45, 2.75) is 30.1 Å². The van der Waals surface area contributed by atoms with Crippen LogP contribution in [0.5, 0.6) is 0 Å². The van der Waals surface area contributed by atoms with Crippen molar-refractivity contribution < 1.29 is 16.0 Å². The molecule has 0 saturated carbocycles. The molecule has 3 aromatic rings. The lowest BCUT2D eigenvalue weighted by molar-refractivity contribution is -0.0751. The number of nitrogens with one attached hydrogen (secondary N) is 1. The van der Waals surface area contributed by atoms with E-state index >= 15 is 0 Å². The van der Waals surface area contributed by atoms with Crippen molar-refractivity contribution >= 4 is 34.7 Å². The Morgan fingerprint density at radius 2 is 2.26 bits per heavy atom. The van der Waals surface area contributed by atoms with Gasteiger partial charge >= 0.3 is 0 Å². The van der Waals surface area contributed by atoms with Gasteiger partial charge in [0.15, 0.2) is 23.2 Å². The maximum absolute atomic E-state index is 12.5. The molecule has 27 heavy (non-hydrogen) atoms. The van der Waals surface area contributed by atoms with E-state index in [0.717, 1.165) is 0 Å². The molecular formula is C18H17N5O3S. The van der Waals surface area contributed by atoms with Crippen LogP contribution in [0.4, 0.5) is 5.82 Å². The summed E-state index contributed by atoms with van der Waals surface area (Å²) in [6.45, 7) is -0.00579. The van der Waals surface area contributed by atoms with Gasteiger partial charge in [0.25, 0.3) is 5.91 Å². The number of rotatable bonds is 3. The SMILES string of the molecule is [2H]C[C@@]12CS[C@@H]([C@H](n3cnc4c(NC(=O)c5ccccc5)ncnc43)O1)[C@@H]2O. The van der Waals surface area contributed by atoms with E-state index in [4.69, 9.17) is 6.11 Å². The van der Waals surface area contributed by atoms with Crippen LogP contribution in [0.15, 0.2) is 43.0 Å². The van der Waals surface area contributed by atoms with Gasteiger partial charge in [-0.15, -0.1) is 11.8 Å². The Morgan fingerprint density at radius 3 is 3.04 bits per heavy atom. The molecule has 2 aromatic heterocycles. The third-order valence-electron chi connectivity index (χ3n) is 4.91. The number of benzene rings is 1. The molecule has 1 amide bonds. The molecule has 8 nitrogen and oxygen atoms in total. The summed E-state index contributed by atoms with van der Waals surface area (Å²) >= 11 is 1.59. The van der Waals surface area contributed by atoms with Crippen molar-refractivity contribution in [3.8, 4) is 0 Å². The Hall–Kier alpha value is -2.49. The zero-order valence-corrected chi connectivity index (χ0v) is 15.0. The Kier molecular flexibility index (Phi) is 3.46. The van der Waals surface area contributed by atoms with Gasteiger partial charge in [0.05, 0.1) is 17.7 Å². The van der Waals surface area contributed by atoms with Crippen LogP contribution >= 0.6 is 11.8 Å². The first kappa shape index (κ1) is 15.6. The van der Waals surface area contributed by atoms with Gasteiger partial charge in [-0.3, -0.25) is 9.36 Å². The quantitative estimate of drug-likeness (QED) is 0.710. The van der Waals surface area contributed by atoms with Gasteiger partial charge in [-0.25, -0.2) is 15.0 Å². The van der Waals surface area contributed by atoms with E-state index in [0.29, 0.717) is 28.3 Å². The minimum absolute atomic E-state index is 0.00579. The van der Waals surface area contributed by atoms with Crippen molar-refractivity contribution in [2.75, 3.05) is 11.1 Å². The Morgan fingerprint density at radius 1 is 1.41 bits per heavy atom. The Labute approximate surface area is 160 Å². The molecule has 0 radical (unpaired) electrons. The van der Waals surface area contributed by atoms with Gasteiger partial charge in [-0.2, -0.15) is 0 Å². The lowest BCUT2D eigenvalue weighted by Gasteiger charge is -2.27. The molecule has 2 aliphatic rings. The molecule has 0 unspecified atom stereocenters. The fourth-order valence-electron chi connectivity index (χ4n) is 3.48. The van der Waals surface area contributed by atoms with E-state index in [-0.39, 0.29) is 18.1 Å². The second-order valence-electron chi connectivity index (χ2n) is 6.66. The zero-order chi connectivity index (χ0) is 19.3. The maximum Gasteiger partial charge on any atom is 0.256 e. The number of anilines is 1. The molecule has 138 valence electrons. The highest BCUT2D eigenvalue weighted by Crippen LogP contribution is 2.52. The number of amides is 1. The van der Waals surface area contributed by atoms with Crippen LogP contribution in [-0.4, -0.2) is 53.2 Å². The third kappa shape index (κ3) is 2.53. The number of aliphatic hydroxyl groups is 1. The lowest BCUT2D eigenvalue weighted by Crippen LogP contribution is -2.35. The van der Waals surface area contributed by atoms with E-state index in [9.17, 15) is 9.90 Å². The highest BCUT2D eigenvalue weighted by Gasteiger charge is 2.58. The number of carbonyl (C=O) groups is 1. The van der Waals surface area contributed by atoms with Crippen LogP contribution < -0.4 is 5.32 Å². The van der Waals surface area contributed by atoms with E-state index < -0.39 is 17.9 Å². The van der Waals surface area contributed by atoms with Crippen molar-refractivity contribution in [3.05, 3.63) is 48.5 Å². The van der Waals surface area contributed by atoms with Gasteiger partial charge in [0.2, 0.25) is 0 Å². The molecule has 2 bridgehead atoms. The van der Waals surface area contributed by atoms with E-state index in [1.807, 2.05) is 6.07 Å². The third-order valence-corrected chi connectivity index (χ3v) is 6.44. The number of fused-ring (bicyclic) bond motifs is 3. The number of aromatic nitrogens is 4. The molecule has 2 saturated heterocycles. The molecule has 2 fully saturated rings. The van der Waals surface area contributed by atoms with Crippen LogP contribution in [0.1, 0.15) is 24.9 Å². The smallest absolute Gasteiger partial charge is 0.256 e. The van der Waals surface area contributed by atoms with E-state index in [1.54, 1.807) is 46.9 Å². The number of hydrogen-bond donors (Lipinski definition) is 2. The molecule has 0 spiro atoms. The Balaban J connectivity index is 1.48. The van der Waals surface area contributed by atoms with Crippen molar-refractivity contribution in [2.24, 2.45) is 0 Å². The fourth-order valence-corrected chi connectivity index (χ4v) is 4.97. The van der Waals surface area contributed by atoms with Gasteiger partial charge in [0, 0.05) is 12.7 Å². The highest BCUT2D eigenvalue weighted by molar-refractivity contribution is 8.00. The van der Waals surface area contributed by atoms with Gasteiger partial charge in [0.1, 0.15) is 11.9 Å². The molecule has 0 aliphatic carbocycles. The average Bonchev–Trinajstić information content (AvgIpc) is 3.39. The van der Waals surface area contributed by atoms with E-state index in [2.05, 4.69) is 20.3 Å². The summed E-state index contributed by atoms with van der Waals surface area (Å²) in [4.78, 5) is 25.3.